The van der Waals surface area contributed by atoms with E-state index in [0.717, 1.165) is 12.5 Å². The number of nitrogens with zero attached hydrogens (tertiary/aromatic N) is 1. The molecule has 1 aromatic carbocycles. The van der Waals surface area contributed by atoms with Crippen molar-refractivity contribution in [2.24, 2.45) is 0 Å². The first kappa shape index (κ1) is 12.2. The zero-order chi connectivity index (χ0) is 13.0. The minimum Gasteiger partial charge on any atom is -0.322 e. The van der Waals surface area contributed by atoms with Crippen LogP contribution in [0.2, 0.25) is 0 Å². The van der Waals surface area contributed by atoms with Crippen molar-refractivity contribution >= 4 is 11.6 Å². The minimum absolute atomic E-state index is 0.299. The zero-order valence-electron chi connectivity index (χ0n) is 9.98. The molecule has 0 saturated carbocycles. The van der Waals surface area contributed by atoms with Gasteiger partial charge < -0.3 is 5.32 Å². The maximum Gasteiger partial charge on any atom is 0.257 e. The molecule has 2 aromatic rings. The normalized spacial score (nSPS) is 10.1. The van der Waals surface area contributed by atoms with E-state index in [0.29, 0.717) is 11.3 Å². The summed E-state index contributed by atoms with van der Waals surface area (Å²) in [6.45, 7) is 2.07. The van der Waals surface area contributed by atoms with E-state index in [-0.39, 0.29) is 5.91 Å². The lowest BCUT2D eigenvalue weighted by molar-refractivity contribution is 0.102. The van der Waals surface area contributed by atoms with Crippen LogP contribution in [0, 0.1) is 5.95 Å². The number of pyridine rings is 1. The number of carbonyl (C=O) groups is 1. The van der Waals surface area contributed by atoms with E-state index in [1.165, 1.54) is 17.8 Å². The monoisotopic (exact) mass is 244 g/mol. The van der Waals surface area contributed by atoms with Gasteiger partial charge in [0.1, 0.15) is 0 Å². The molecule has 0 unspecified atom stereocenters. The lowest BCUT2D eigenvalue weighted by Crippen LogP contribution is -2.12. The first-order valence-electron chi connectivity index (χ1n) is 5.71. The SMILES string of the molecule is CCc1ccc(NC(=O)c2ccc(F)nc2)cc1. The predicted molar refractivity (Wildman–Crippen MR) is 68.0 cm³/mol. The number of aromatic nitrogens is 1. The summed E-state index contributed by atoms with van der Waals surface area (Å²) in [4.78, 5) is 15.2. The van der Waals surface area contributed by atoms with E-state index in [4.69, 9.17) is 0 Å². The van der Waals surface area contributed by atoms with Crippen molar-refractivity contribution in [1.29, 1.82) is 0 Å². The van der Waals surface area contributed by atoms with Gasteiger partial charge >= 0.3 is 0 Å². The average Bonchev–Trinajstić information content (AvgIpc) is 2.40. The molecule has 0 spiro atoms. The maximum atomic E-state index is 12.6. The van der Waals surface area contributed by atoms with Gasteiger partial charge in [0.05, 0.1) is 5.56 Å². The van der Waals surface area contributed by atoms with Gasteiger partial charge in [0.2, 0.25) is 5.95 Å². The van der Waals surface area contributed by atoms with Crippen molar-refractivity contribution in [3.8, 4) is 0 Å². The molecule has 18 heavy (non-hydrogen) atoms. The van der Waals surface area contributed by atoms with Crippen LogP contribution < -0.4 is 5.32 Å². The number of aryl methyl sites for hydroxylation is 1. The van der Waals surface area contributed by atoms with Crippen molar-refractivity contribution in [3.05, 3.63) is 59.7 Å². The Kier molecular flexibility index (Phi) is 3.67. The Morgan fingerprint density at radius 1 is 1.22 bits per heavy atom. The Morgan fingerprint density at radius 2 is 1.94 bits per heavy atom. The summed E-state index contributed by atoms with van der Waals surface area (Å²) < 4.78 is 12.6. The van der Waals surface area contributed by atoms with Crippen molar-refractivity contribution in [2.45, 2.75) is 13.3 Å². The fourth-order valence-electron chi connectivity index (χ4n) is 1.54. The van der Waals surface area contributed by atoms with Crippen LogP contribution in [0.1, 0.15) is 22.8 Å². The second-order valence-corrected chi connectivity index (χ2v) is 3.87. The molecule has 92 valence electrons. The molecule has 0 atom stereocenters. The van der Waals surface area contributed by atoms with Crippen LogP contribution >= 0.6 is 0 Å². The first-order chi connectivity index (χ1) is 8.69. The van der Waals surface area contributed by atoms with E-state index in [9.17, 15) is 9.18 Å². The smallest absolute Gasteiger partial charge is 0.257 e. The number of nitrogens with one attached hydrogen (secondary N) is 1. The van der Waals surface area contributed by atoms with E-state index < -0.39 is 5.95 Å². The predicted octanol–water partition coefficient (Wildman–Crippen LogP) is 3.04. The molecule has 0 aliphatic rings. The molecule has 0 bridgehead atoms. The molecular formula is C14H13FN2O. The highest BCUT2D eigenvalue weighted by Crippen LogP contribution is 2.11. The van der Waals surface area contributed by atoms with Gasteiger partial charge in [0, 0.05) is 11.9 Å². The molecule has 1 amide bonds. The van der Waals surface area contributed by atoms with Crippen molar-refractivity contribution in [1.82, 2.24) is 4.98 Å². The highest BCUT2D eigenvalue weighted by atomic mass is 19.1. The summed E-state index contributed by atoms with van der Waals surface area (Å²) in [7, 11) is 0. The fourth-order valence-corrected chi connectivity index (χ4v) is 1.54. The number of halogens is 1. The molecule has 0 aliphatic carbocycles. The third-order valence-corrected chi connectivity index (χ3v) is 2.61. The fraction of sp³-hybridized carbons (Fsp3) is 0.143. The van der Waals surface area contributed by atoms with E-state index in [1.54, 1.807) is 0 Å². The Labute approximate surface area is 105 Å². The number of rotatable bonds is 3. The van der Waals surface area contributed by atoms with Gasteiger partial charge in [-0.15, -0.1) is 0 Å². The Balaban J connectivity index is 2.08. The van der Waals surface area contributed by atoms with Crippen LogP contribution in [-0.2, 0) is 6.42 Å². The van der Waals surface area contributed by atoms with E-state index in [2.05, 4.69) is 17.2 Å². The number of hydrogen-bond acceptors (Lipinski definition) is 2. The first-order valence-corrected chi connectivity index (χ1v) is 5.71. The number of amides is 1. The van der Waals surface area contributed by atoms with E-state index >= 15 is 0 Å². The van der Waals surface area contributed by atoms with Crippen LogP contribution in [0.4, 0.5) is 10.1 Å². The summed E-state index contributed by atoms with van der Waals surface area (Å²) in [6, 6.07) is 10.2. The van der Waals surface area contributed by atoms with Crippen molar-refractivity contribution < 1.29 is 9.18 Å². The molecule has 1 heterocycles. The number of carbonyl (C=O) groups excluding carboxylic acids is 1. The van der Waals surface area contributed by atoms with Crippen LogP contribution in [-0.4, -0.2) is 10.9 Å². The van der Waals surface area contributed by atoms with Crippen LogP contribution in [0.3, 0.4) is 0 Å². The lowest BCUT2D eigenvalue weighted by atomic mass is 10.1. The second-order valence-electron chi connectivity index (χ2n) is 3.87. The maximum absolute atomic E-state index is 12.6. The van der Waals surface area contributed by atoms with Crippen LogP contribution in [0.15, 0.2) is 42.6 Å². The van der Waals surface area contributed by atoms with Crippen LogP contribution in [0.5, 0.6) is 0 Å². The third kappa shape index (κ3) is 2.91. The Morgan fingerprint density at radius 3 is 2.50 bits per heavy atom. The van der Waals surface area contributed by atoms with Crippen molar-refractivity contribution in [3.63, 3.8) is 0 Å². The Hall–Kier alpha value is -2.23. The molecule has 0 saturated heterocycles. The van der Waals surface area contributed by atoms with Crippen molar-refractivity contribution in [2.75, 3.05) is 5.32 Å². The highest BCUT2D eigenvalue weighted by molar-refractivity contribution is 6.03. The quantitative estimate of drug-likeness (QED) is 0.843. The molecule has 0 aliphatic heterocycles. The van der Waals surface area contributed by atoms with E-state index in [1.807, 2.05) is 24.3 Å². The molecule has 0 radical (unpaired) electrons. The highest BCUT2D eigenvalue weighted by Gasteiger charge is 2.06. The topological polar surface area (TPSA) is 42.0 Å². The van der Waals surface area contributed by atoms with Gasteiger partial charge in [-0.25, -0.2) is 4.98 Å². The van der Waals surface area contributed by atoms with Gasteiger partial charge in [-0.05, 0) is 36.2 Å². The number of hydrogen-bond donors (Lipinski definition) is 1. The number of benzene rings is 1. The van der Waals surface area contributed by atoms with Gasteiger partial charge in [-0.2, -0.15) is 4.39 Å². The van der Waals surface area contributed by atoms with Gasteiger partial charge in [0.15, 0.2) is 0 Å². The second kappa shape index (κ2) is 5.40. The standard InChI is InChI=1S/C14H13FN2O/c1-2-10-3-6-12(7-4-10)17-14(18)11-5-8-13(15)16-9-11/h3-9H,2H2,1H3,(H,17,18). The summed E-state index contributed by atoms with van der Waals surface area (Å²) in [6.07, 6.45) is 2.17. The molecule has 1 N–H and O–H groups in total. The van der Waals surface area contributed by atoms with Gasteiger partial charge in [-0.3, -0.25) is 4.79 Å². The molecule has 4 heteroatoms. The van der Waals surface area contributed by atoms with Gasteiger partial charge in [0.25, 0.3) is 5.91 Å². The molecule has 1 aromatic heterocycles. The summed E-state index contributed by atoms with van der Waals surface area (Å²) in [5.41, 5.74) is 2.24. The van der Waals surface area contributed by atoms with Crippen LogP contribution in [0.25, 0.3) is 0 Å². The molecule has 3 nitrogen and oxygen atoms in total. The summed E-state index contributed by atoms with van der Waals surface area (Å²) in [5, 5.41) is 2.73. The molecule has 0 fully saturated rings. The third-order valence-electron chi connectivity index (χ3n) is 2.61. The Bertz CT molecular complexity index is 535. The number of anilines is 1. The summed E-state index contributed by atoms with van der Waals surface area (Å²) in [5.74, 6) is -0.898. The lowest BCUT2D eigenvalue weighted by Gasteiger charge is -2.05. The summed E-state index contributed by atoms with van der Waals surface area (Å²) >= 11 is 0. The molecular weight excluding hydrogens is 231 g/mol. The largest absolute Gasteiger partial charge is 0.322 e. The minimum atomic E-state index is -0.598. The van der Waals surface area contributed by atoms with Gasteiger partial charge in [-0.1, -0.05) is 19.1 Å². The average molecular weight is 244 g/mol. The zero-order valence-corrected chi connectivity index (χ0v) is 9.98. The molecule has 2 rings (SSSR count).